The predicted octanol–water partition coefficient (Wildman–Crippen LogP) is 4.75. The molecular weight excluding hydrogens is 323 g/mol. The van der Waals surface area contributed by atoms with Crippen molar-refractivity contribution in [1.82, 2.24) is 0 Å². The van der Waals surface area contributed by atoms with E-state index in [1.807, 2.05) is 0 Å². The van der Waals surface area contributed by atoms with Crippen LogP contribution in [-0.2, 0) is 21.0 Å². The minimum absolute atomic E-state index is 0.0510. The SMILES string of the molecule is CC(C)(C)c1ccc(S(=O)(=O)Cc2ccc(Cl)cc2F)cc1. The molecule has 0 radical (unpaired) electrons. The van der Waals surface area contributed by atoms with Crippen LogP contribution in [0.5, 0.6) is 0 Å². The average Bonchev–Trinajstić information content (AvgIpc) is 2.41. The summed E-state index contributed by atoms with van der Waals surface area (Å²) in [5.41, 5.74) is 1.11. The van der Waals surface area contributed by atoms with E-state index in [0.717, 1.165) is 11.6 Å². The van der Waals surface area contributed by atoms with Crippen LogP contribution in [0.15, 0.2) is 47.4 Å². The van der Waals surface area contributed by atoms with Gasteiger partial charge in [0, 0.05) is 10.6 Å². The van der Waals surface area contributed by atoms with Crippen molar-refractivity contribution in [3.63, 3.8) is 0 Å². The number of benzene rings is 2. The molecule has 22 heavy (non-hydrogen) atoms. The summed E-state index contributed by atoms with van der Waals surface area (Å²) >= 11 is 5.68. The zero-order valence-electron chi connectivity index (χ0n) is 12.7. The van der Waals surface area contributed by atoms with Crippen molar-refractivity contribution < 1.29 is 12.8 Å². The Morgan fingerprint density at radius 2 is 1.64 bits per heavy atom. The Morgan fingerprint density at radius 3 is 2.14 bits per heavy atom. The second kappa shape index (κ2) is 6.01. The highest BCUT2D eigenvalue weighted by atomic mass is 35.5. The zero-order chi connectivity index (χ0) is 16.5. The smallest absolute Gasteiger partial charge is 0.182 e. The van der Waals surface area contributed by atoms with Gasteiger partial charge in [0.05, 0.1) is 10.6 Å². The minimum Gasteiger partial charge on any atom is -0.223 e. The second-order valence-corrected chi connectivity index (χ2v) is 8.70. The molecular formula is C17H18ClFO2S. The molecule has 2 aromatic carbocycles. The molecule has 2 rings (SSSR count). The van der Waals surface area contributed by atoms with Crippen LogP contribution < -0.4 is 0 Å². The van der Waals surface area contributed by atoms with Gasteiger partial charge in [0.2, 0.25) is 0 Å². The van der Waals surface area contributed by atoms with Gasteiger partial charge in [-0.3, -0.25) is 0 Å². The summed E-state index contributed by atoms with van der Waals surface area (Å²) in [5, 5.41) is 0.244. The molecule has 0 unspecified atom stereocenters. The highest BCUT2D eigenvalue weighted by molar-refractivity contribution is 7.90. The van der Waals surface area contributed by atoms with Gasteiger partial charge >= 0.3 is 0 Å². The predicted molar refractivity (Wildman–Crippen MR) is 87.4 cm³/mol. The Balaban J connectivity index is 2.31. The van der Waals surface area contributed by atoms with E-state index in [1.165, 1.54) is 12.1 Å². The summed E-state index contributed by atoms with van der Waals surface area (Å²) in [5.74, 6) is -0.993. The fraction of sp³-hybridized carbons (Fsp3) is 0.294. The van der Waals surface area contributed by atoms with Gasteiger partial charge in [-0.25, -0.2) is 12.8 Å². The maximum absolute atomic E-state index is 13.8. The third-order valence-electron chi connectivity index (χ3n) is 3.44. The van der Waals surface area contributed by atoms with Gasteiger partial charge in [0.15, 0.2) is 9.84 Å². The first-order chi connectivity index (χ1) is 10.1. The molecule has 0 N–H and O–H groups in total. The number of halogens is 2. The van der Waals surface area contributed by atoms with Crippen LogP contribution in [0.3, 0.4) is 0 Å². The molecule has 0 aromatic heterocycles. The average molecular weight is 341 g/mol. The summed E-state index contributed by atoms with van der Waals surface area (Å²) in [7, 11) is -3.59. The maximum Gasteiger partial charge on any atom is 0.182 e. The van der Waals surface area contributed by atoms with Crippen LogP contribution in [-0.4, -0.2) is 8.42 Å². The van der Waals surface area contributed by atoms with Crippen molar-refractivity contribution in [3.8, 4) is 0 Å². The van der Waals surface area contributed by atoms with Crippen molar-refractivity contribution >= 4 is 21.4 Å². The standard InChI is InChI=1S/C17H18ClFO2S/c1-17(2,3)13-5-8-15(9-6-13)22(20,21)11-12-4-7-14(18)10-16(12)19/h4-10H,11H2,1-3H3. The normalized spacial score (nSPS) is 12.4. The van der Waals surface area contributed by atoms with E-state index < -0.39 is 15.7 Å². The lowest BCUT2D eigenvalue weighted by atomic mass is 9.87. The van der Waals surface area contributed by atoms with E-state index in [9.17, 15) is 12.8 Å². The Bertz CT molecular complexity index is 775. The van der Waals surface area contributed by atoms with Crippen molar-refractivity contribution in [2.24, 2.45) is 0 Å². The molecule has 0 aliphatic heterocycles. The van der Waals surface area contributed by atoms with Crippen LogP contribution in [0.25, 0.3) is 0 Å². The summed E-state index contributed by atoms with van der Waals surface area (Å²) in [6.45, 7) is 6.17. The number of hydrogen-bond donors (Lipinski definition) is 0. The first-order valence-corrected chi connectivity index (χ1v) is 8.90. The molecule has 0 fully saturated rings. The lowest BCUT2D eigenvalue weighted by molar-refractivity contribution is 0.583. The highest BCUT2D eigenvalue weighted by Crippen LogP contribution is 2.25. The van der Waals surface area contributed by atoms with Crippen molar-refractivity contribution in [2.45, 2.75) is 36.8 Å². The van der Waals surface area contributed by atoms with Crippen LogP contribution in [0.1, 0.15) is 31.9 Å². The molecule has 0 amide bonds. The van der Waals surface area contributed by atoms with Gasteiger partial charge in [-0.15, -0.1) is 0 Å². The van der Waals surface area contributed by atoms with Gasteiger partial charge in [0.1, 0.15) is 5.82 Å². The third-order valence-corrected chi connectivity index (χ3v) is 5.36. The maximum atomic E-state index is 13.8. The largest absolute Gasteiger partial charge is 0.223 e. The molecule has 0 aliphatic rings. The van der Waals surface area contributed by atoms with Gasteiger partial charge in [-0.1, -0.05) is 50.6 Å². The quantitative estimate of drug-likeness (QED) is 0.808. The van der Waals surface area contributed by atoms with E-state index in [0.29, 0.717) is 0 Å². The molecule has 0 atom stereocenters. The number of sulfone groups is 1. The fourth-order valence-electron chi connectivity index (χ4n) is 2.09. The molecule has 0 spiro atoms. The topological polar surface area (TPSA) is 34.1 Å². The van der Waals surface area contributed by atoms with Gasteiger partial charge in [-0.2, -0.15) is 0 Å². The summed E-state index contributed by atoms with van der Waals surface area (Å²) in [4.78, 5) is 0.190. The Kier molecular flexibility index (Phi) is 4.64. The molecule has 0 saturated carbocycles. The molecule has 0 heterocycles. The molecule has 0 bridgehead atoms. The van der Waals surface area contributed by atoms with Crippen LogP contribution in [0.4, 0.5) is 4.39 Å². The summed E-state index contributed by atoms with van der Waals surface area (Å²) < 4.78 is 38.6. The van der Waals surface area contributed by atoms with Crippen molar-refractivity contribution in [3.05, 3.63) is 64.4 Å². The summed E-state index contributed by atoms with van der Waals surface area (Å²) in [6.07, 6.45) is 0. The molecule has 118 valence electrons. The van der Waals surface area contributed by atoms with Gasteiger partial charge in [-0.05, 0) is 35.2 Å². The van der Waals surface area contributed by atoms with Crippen molar-refractivity contribution in [2.75, 3.05) is 0 Å². The molecule has 5 heteroatoms. The molecule has 0 aliphatic carbocycles. The van der Waals surface area contributed by atoms with Crippen molar-refractivity contribution in [1.29, 1.82) is 0 Å². The van der Waals surface area contributed by atoms with Gasteiger partial charge in [0.25, 0.3) is 0 Å². The van der Waals surface area contributed by atoms with E-state index in [2.05, 4.69) is 20.8 Å². The van der Waals surface area contributed by atoms with E-state index in [4.69, 9.17) is 11.6 Å². The zero-order valence-corrected chi connectivity index (χ0v) is 14.3. The number of rotatable bonds is 3. The molecule has 2 nitrogen and oxygen atoms in total. The van der Waals surface area contributed by atoms with Gasteiger partial charge < -0.3 is 0 Å². The van der Waals surface area contributed by atoms with E-state index >= 15 is 0 Å². The Morgan fingerprint density at radius 1 is 1.05 bits per heavy atom. The van der Waals surface area contributed by atoms with E-state index in [-0.39, 0.29) is 26.6 Å². The fourth-order valence-corrected chi connectivity index (χ4v) is 3.61. The second-order valence-electron chi connectivity index (χ2n) is 6.27. The minimum atomic E-state index is -3.59. The highest BCUT2D eigenvalue weighted by Gasteiger charge is 2.19. The third kappa shape index (κ3) is 3.87. The first kappa shape index (κ1) is 17.0. The Hall–Kier alpha value is -1.39. The van der Waals surface area contributed by atoms with Crippen LogP contribution in [0.2, 0.25) is 5.02 Å². The van der Waals surface area contributed by atoms with E-state index in [1.54, 1.807) is 24.3 Å². The monoisotopic (exact) mass is 340 g/mol. The Labute approximate surface area is 135 Å². The number of hydrogen-bond acceptors (Lipinski definition) is 2. The first-order valence-electron chi connectivity index (χ1n) is 6.87. The lowest BCUT2D eigenvalue weighted by Gasteiger charge is -2.19. The van der Waals surface area contributed by atoms with Crippen LogP contribution in [0, 0.1) is 5.82 Å². The summed E-state index contributed by atoms with van der Waals surface area (Å²) in [6, 6.07) is 10.7. The lowest BCUT2D eigenvalue weighted by Crippen LogP contribution is -2.12. The van der Waals surface area contributed by atoms with Crippen LogP contribution >= 0.6 is 11.6 Å². The molecule has 0 saturated heterocycles. The molecule has 2 aromatic rings.